The van der Waals surface area contributed by atoms with Crippen molar-refractivity contribution in [3.63, 3.8) is 0 Å². The second-order valence-electron chi connectivity index (χ2n) is 7.61. The number of nitrogens with two attached hydrogens (primary N) is 1. The lowest BCUT2D eigenvalue weighted by Crippen LogP contribution is -2.27. The van der Waals surface area contributed by atoms with Gasteiger partial charge in [0.2, 0.25) is 0 Å². The number of rotatable bonds is 3. The highest BCUT2D eigenvalue weighted by atomic mass is 15.2. The van der Waals surface area contributed by atoms with Gasteiger partial charge in [-0.05, 0) is 49.7 Å². The summed E-state index contributed by atoms with van der Waals surface area (Å²) in [6.45, 7) is 13.7. The molecule has 2 atom stereocenters. The van der Waals surface area contributed by atoms with E-state index >= 15 is 0 Å². The normalized spacial score (nSPS) is 21.3. The van der Waals surface area contributed by atoms with Gasteiger partial charge in [-0.2, -0.15) is 0 Å². The number of aryl methyl sites for hydroxylation is 1. The fourth-order valence-corrected chi connectivity index (χ4v) is 3.22. The van der Waals surface area contributed by atoms with Crippen molar-refractivity contribution in [1.82, 2.24) is 0 Å². The van der Waals surface area contributed by atoms with E-state index in [0.29, 0.717) is 5.41 Å². The van der Waals surface area contributed by atoms with Gasteiger partial charge >= 0.3 is 0 Å². The third-order valence-electron chi connectivity index (χ3n) is 4.53. The Morgan fingerprint density at radius 1 is 1.35 bits per heavy atom. The van der Waals surface area contributed by atoms with Crippen LogP contribution in [0.1, 0.15) is 45.2 Å². The Bertz CT molecular complexity index is 457. The van der Waals surface area contributed by atoms with Gasteiger partial charge < -0.3 is 10.6 Å². The average Bonchev–Trinajstić information content (AvgIpc) is 2.77. The van der Waals surface area contributed by atoms with E-state index in [0.717, 1.165) is 12.3 Å². The smallest absolute Gasteiger partial charge is 0.0399 e. The minimum absolute atomic E-state index is 0.219. The Balaban J connectivity index is 2.21. The van der Waals surface area contributed by atoms with Crippen molar-refractivity contribution in [2.24, 2.45) is 17.1 Å². The maximum absolute atomic E-state index is 6.02. The molecule has 0 aromatic heterocycles. The molecule has 0 bridgehead atoms. The lowest BCUT2D eigenvalue weighted by atomic mass is 9.80. The first-order chi connectivity index (χ1) is 9.27. The third-order valence-corrected chi connectivity index (χ3v) is 4.53. The molecular formula is C18H30N2. The Labute approximate surface area is 124 Å². The molecule has 1 heterocycles. The summed E-state index contributed by atoms with van der Waals surface area (Å²) in [7, 11) is 0. The number of anilines is 1. The fourth-order valence-electron chi connectivity index (χ4n) is 3.22. The number of benzene rings is 1. The molecule has 0 spiro atoms. The van der Waals surface area contributed by atoms with E-state index in [9.17, 15) is 0 Å². The largest absolute Gasteiger partial charge is 0.371 e. The number of hydrogen-bond acceptors (Lipinski definition) is 2. The van der Waals surface area contributed by atoms with Crippen LogP contribution in [0.3, 0.4) is 0 Å². The zero-order chi connectivity index (χ0) is 14.9. The van der Waals surface area contributed by atoms with E-state index < -0.39 is 0 Å². The van der Waals surface area contributed by atoms with E-state index in [1.165, 1.54) is 36.3 Å². The summed E-state index contributed by atoms with van der Waals surface area (Å²) >= 11 is 0. The first-order valence-electron chi connectivity index (χ1n) is 7.87. The zero-order valence-electron chi connectivity index (χ0n) is 13.7. The van der Waals surface area contributed by atoms with Crippen LogP contribution in [0.15, 0.2) is 18.2 Å². The van der Waals surface area contributed by atoms with Gasteiger partial charge in [-0.1, -0.05) is 38.5 Å². The highest BCUT2D eigenvalue weighted by Gasteiger charge is 2.32. The topological polar surface area (TPSA) is 29.3 Å². The van der Waals surface area contributed by atoms with Crippen LogP contribution >= 0.6 is 0 Å². The van der Waals surface area contributed by atoms with Gasteiger partial charge in [-0.15, -0.1) is 0 Å². The minimum atomic E-state index is 0.219. The second-order valence-corrected chi connectivity index (χ2v) is 7.61. The summed E-state index contributed by atoms with van der Waals surface area (Å²) < 4.78 is 0. The molecule has 1 aliphatic heterocycles. The van der Waals surface area contributed by atoms with Gasteiger partial charge in [0.15, 0.2) is 0 Å². The van der Waals surface area contributed by atoms with Gasteiger partial charge in [-0.3, -0.25) is 0 Å². The minimum Gasteiger partial charge on any atom is -0.371 e. The van der Waals surface area contributed by atoms with E-state index in [1.807, 2.05) is 0 Å². The van der Waals surface area contributed by atoms with Crippen LogP contribution in [0.25, 0.3) is 0 Å². The maximum Gasteiger partial charge on any atom is 0.0399 e. The van der Waals surface area contributed by atoms with E-state index in [4.69, 9.17) is 5.73 Å². The second kappa shape index (κ2) is 5.77. The summed E-state index contributed by atoms with van der Waals surface area (Å²) in [4.78, 5) is 2.56. The van der Waals surface area contributed by atoms with Crippen molar-refractivity contribution < 1.29 is 0 Å². The molecule has 2 N–H and O–H groups in total. The average molecular weight is 274 g/mol. The van der Waals surface area contributed by atoms with Gasteiger partial charge in [0.05, 0.1) is 0 Å². The Hall–Kier alpha value is -1.02. The Morgan fingerprint density at radius 2 is 2.05 bits per heavy atom. The van der Waals surface area contributed by atoms with Crippen LogP contribution in [0.4, 0.5) is 5.69 Å². The van der Waals surface area contributed by atoms with Crippen LogP contribution in [0, 0.1) is 18.3 Å². The first kappa shape index (κ1) is 15.4. The molecule has 1 fully saturated rings. The van der Waals surface area contributed by atoms with Crippen molar-refractivity contribution >= 4 is 5.69 Å². The summed E-state index contributed by atoms with van der Waals surface area (Å²) in [5.74, 6) is 0.784. The molecule has 2 rings (SSSR count). The molecule has 2 nitrogen and oxygen atoms in total. The monoisotopic (exact) mass is 274 g/mol. The molecular weight excluding hydrogens is 244 g/mol. The lowest BCUT2D eigenvalue weighted by molar-refractivity contribution is 0.263. The predicted octanol–water partition coefficient (Wildman–Crippen LogP) is 3.76. The maximum atomic E-state index is 6.02. The first-order valence-corrected chi connectivity index (χ1v) is 7.87. The van der Waals surface area contributed by atoms with E-state index in [1.54, 1.807) is 0 Å². The van der Waals surface area contributed by atoms with Crippen molar-refractivity contribution in [3.05, 3.63) is 29.3 Å². The van der Waals surface area contributed by atoms with E-state index in [-0.39, 0.29) is 6.04 Å². The van der Waals surface area contributed by atoms with Gasteiger partial charge in [0.1, 0.15) is 0 Å². The van der Waals surface area contributed by atoms with Gasteiger partial charge in [0.25, 0.3) is 0 Å². The highest BCUT2D eigenvalue weighted by Crippen LogP contribution is 2.36. The predicted molar refractivity (Wildman–Crippen MR) is 88.3 cm³/mol. The molecule has 112 valence electrons. The standard InChI is InChI=1S/C18H30N2/c1-13-6-7-17(15(10-13)11-14(2)19)20-9-8-16(12-20)18(3,4)5/h6-7,10,14,16H,8-9,11-12,19H2,1-5H3. The van der Waals surface area contributed by atoms with Crippen molar-refractivity contribution in [2.75, 3.05) is 18.0 Å². The summed E-state index contributed by atoms with van der Waals surface area (Å²) in [5.41, 5.74) is 10.6. The summed E-state index contributed by atoms with van der Waals surface area (Å²) in [6, 6.07) is 7.04. The third kappa shape index (κ3) is 3.54. The van der Waals surface area contributed by atoms with Crippen LogP contribution in [0.2, 0.25) is 0 Å². The molecule has 0 saturated carbocycles. The van der Waals surface area contributed by atoms with E-state index in [2.05, 4.69) is 57.7 Å². The van der Waals surface area contributed by atoms with Crippen LogP contribution in [0.5, 0.6) is 0 Å². The summed E-state index contributed by atoms with van der Waals surface area (Å²) in [6.07, 6.45) is 2.27. The zero-order valence-corrected chi connectivity index (χ0v) is 13.7. The van der Waals surface area contributed by atoms with Gasteiger partial charge in [-0.25, -0.2) is 0 Å². The summed E-state index contributed by atoms with van der Waals surface area (Å²) in [5, 5.41) is 0. The molecule has 2 unspecified atom stereocenters. The molecule has 0 radical (unpaired) electrons. The quantitative estimate of drug-likeness (QED) is 0.909. The number of hydrogen-bond donors (Lipinski definition) is 1. The van der Waals surface area contributed by atoms with Crippen LogP contribution in [-0.4, -0.2) is 19.1 Å². The van der Waals surface area contributed by atoms with Gasteiger partial charge in [0, 0.05) is 24.8 Å². The fraction of sp³-hybridized carbons (Fsp3) is 0.667. The van der Waals surface area contributed by atoms with Crippen LogP contribution in [-0.2, 0) is 6.42 Å². The molecule has 20 heavy (non-hydrogen) atoms. The van der Waals surface area contributed by atoms with Crippen LogP contribution < -0.4 is 10.6 Å². The molecule has 1 saturated heterocycles. The Morgan fingerprint density at radius 3 is 2.60 bits per heavy atom. The molecule has 1 aromatic rings. The molecule has 1 aliphatic rings. The molecule has 1 aromatic carbocycles. The molecule has 0 aliphatic carbocycles. The van der Waals surface area contributed by atoms with Crippen molar-refractivity contribution in [1.29, 1.82) is 0 Å². The molecule has 2 heteroatoms. The lowest BCUT2D eigenvalue weighted by Gasteiger charge is -2.28. The Kier molecular flexibility index (Phi) is 4.43. The highest BCUT2D eigenvalue weighted by molar-refractivity contribution is 5.56. The van der Waals surface area contributed by atoms with Crippen molar-refractivity contribution in [3.8, 4) is 0 Å². The molecule has 0 amide bonds. The SMILES string of the molecule is Cc1ccc(N2CCC(C(C)(C)C)C2)c(CC(C)N)c1. The number of nitrogens with zero attached hydrogens (tertiary/aromatic N) is 1. The van der Waals surface area contributed by atoms with Crippen molar-refractivity contribution in [2.45, 2.75) is 53.5 Å².